The number of likely N-dealkylation sites (tertiary alicyclic amines) is 1. The number of rotatable bonds is 1. The Morgan fingerprint density at radius 2 is 2.28 bits per heavy atom. The van der Waals surface area contributed by atoms with Gasteiger partial charge in [0, 0.05) is 22.6 Å². The number of halogens is 2. The summed E-state index contributed by atoms with van der Waals surface area (Å²) in [4.78, 5) is 15.2. The van der Waals surface area contributed by atoms with Gasteiger partial charge in [-0.05, 0) is 30.0 Å². The second-order valence-electron chi connectivity index (χ2n) is 4.43. The van der Waals surface area contributed by atoms with Crippen LogP contribution in [0.3, 0.4) is 0 Å². The largest absolute Gasteiger partial charge is 0.337 e. The van der Waals surface area contributed by atoms with E-state index in [1.165, 1.54) is 23.5 Å². The van der Waals surface area contributed by atoms with Gasteiger partial charge in [-0.2, -0.15) is 0 Å². The van der Waals surface area contributed by atoms with E-state index in [0.717, 1.165) is 29.6 Å². The van der Waals surface area contributed by atoms with E-state index >= 15 is 0 Å². The molecule has 0 radical (unpaired) electrons. The maximum atomic E-state index is 13.1. The number of thiophene rings is 1. The summed E-state index contributed by atoms with van der Waals surface area (Å²) < 4.78 is 13.9. The Morgan fingerprint density at radius 3 is 3.00 bits per heavy atom. The van der Waals surface area contributed by atoms with Crippen molar-refractivity contribution in [1.82, 2.24) is 4.90 Å². The molecular formula is C13H11BrFNOS. The lowest BCUT2D eigenvalue weighted by Crippen LogP contribution is -2.27. The van der Waals surface area contributed by atoms with Crippen molar-refractivity contribution in [3.05, 3.63) is 35.0 Å². The van der Waals surface area contributed by atoms with Crippen LogP contribution in [0, 0.1) is 5.82 Å². The Balaban J connectivity index is 1.92. The first-order valence-electron chi connectivity index (χ1n) is 5.76. The van der Waals surface area contributed by atoms with Crippen LogP contribution in [0.15, 0.2) is 24.3 Å². The van der Waals surface area contributed by atoms with E-state index in [1.807, 2.05) is 11.0 Å². The molecule has 0 spiro atoms. The number of alkyl halides is 1. The zero-order chi connectivity index (χ0) is 12.7. The first-order valence-corrected chi connectivity index (χ1v) is 7.49. The fourth-order valence-electron chi connectivity index (χ4n) is 2.17. The van der Waals surface area contributed by atoms with Gasteiger partial charge in [-0.25, -0.2) is 4.39 Å². The minimum Gasteiger partial charge on any atom is -0.337 e. The van der Waals surface area contributed by atoms with E-state index in [0.29, 0.717) is 9.70 Å². The van der Waals surface area contributed by atoms with E-state index in [-0.39, 0.29) is 11.7 Å². The van der Waals surface area contributed by atoms with Gasteiger partial charge in [-0.1, -0.05) is 22.0 Å². The third-order valence-corrected chi connectivity index (χ3v) is 4.94. The molecule has 1 unspecified atom stereocenters. The average Bonchev–Trinajstić information content (AvgIpc) is 2.93. The lowest BCUT2D eigenvalue weighted by Gasteiger charge is -2.13. The molecular weight excluding hydrogens is 317 g/mol. The zero-order valence-corrected chi connectivity index (χ0v) is 11.9. The first kappa shape index (κ1) is 12.1. The molecule has 1 atom stereocenters. The molecule has 5 heteroatoms. The van der Waals surface area contributed by atoms with E-state index in [1.54, 1.807) is 6.07 Å². The van der Waals surface area contributed by atoms with Crippen molar-refractivity contribution in [2.24, 2.45) is 0 Å². The molecule has 3 rings (SSSR count). The van der Waals surface area contributed by atoms with Gasteiger partial charge in [0.1, 0.15) is 5.82 Å². The first-order chi connectivity index (χ1) is 8.63. The van der Waals surface area contributed by atoms with Crippen molar-refractivity contribution in [3.63, 3.8) is 0 Å². The fraction of sp³-hybridized carbons (Fsp3) is 0.308. The summed E-state index contributed by atoms with van der Waals surface area (Å²) >= 11 is 4.88. The van der Waals surface area contributed by atoms with Gasteiger partial charge in [-0.3, -0.25) is 4.79 Å². The van der Waals surface area contributed by atoms with Crippen molar-refractivity contribution < 1.29 is 9.18 Å². The quantitative estimate of drug-likeness (QED) is 0.732. The molecule has 1 aromatic heterocycles. The normalized spacial score (nSPS) is 19.7. The maximum absolute atomic E-state index is 13.1. The van der Waals surface area contributed by atoms with Crippen molar-refractivity contribution in [1.29, 1.82) is 0 Å². The molecule has 1 aliphatic rings. The molecule has 0 saturated carbocycles. The molecule has 94 valence electrons. The lowest BCUT2D eigenvalue weighted by atomic mass is 10.2. The smallest absolute Gasteiger partial charge is 0.263 e. The monoisotopic (exact) mass is 327 g/mol. The summed E-state index contributed by atoms with van der Waals surface area (Å²) in [5, 5.41) is 0.930. The highest BCUT2D eigenvalue weighted by molar-refractivity contribution is 9.09. The number of amides is 1. The number of nitrogens with zero attached hydrogens (tertiary/aromatic N) is 1. The topological polar surface area (TPSA) is 20.3 Å². The molecule has 1 fully saturated rings. The van der Waals surface area contributed by atoms with Gasteiger partial charge in [0.2, 0.25) is 0 Å². The van der Waals surface area contributed by atoms with Gasteiger partial charge >= 0.3 is 0 Å². The van der Waals surface area contributed by atoms with E-state index in [2.05, 4.69) is 15.9 Å². The molecule has 2 aromatic rings. The van der Waals surface area contributed by atoms with Crippen LogP contribution in [0.5, 0.6) is 0 Å². The molecule has 1 saturated heterocycles. The summed E-state index contributed by atoms with van der Waals surface area (Å²) in [5.41, 5.74) is 0. The van der Waals surface area contributed by atoms with Crippen LogP contribution in [-0.4, -0.2) is 28.7 Å². The lowest BCUT2D eigenvalue weighted by molar-refractivity contribution is 0.0798. The highest BCUT2D eigenvalue weighted by Gasteiger charge is 2.26. The highest BCUT2D eigenvalue weighted by atomic mass is 79.9. The second kappa shape index (κ2) is 4.63. The van der Waals surface area contributed by atoms with Crippen LogP contribution in [0.1, 0.15) is 16.1 Å². The van der Waals surface area contributed by atoms with Crippen LogP contribution in [-0.2, 0) is 0 Å². The van der Waals surface area contributed by atoms with Crippen molar-refractivity contribution >= 4 is 43.3 Å². The predicted molar refractivity (Wildman–Crippen MR) is 75.0 cm³/mol. The zero-order valence-electron chi connectivity index (χ0n) is 9.53. The molecule has 2 heterocycles. The number of hydrogen-bond acceptors (Lipinski definition) is 2. The van der Waals surface area contributed by atoms with Crippen LogP contribution in [0.2, 0.25) is 0 Å². The molecule has 1 aromatic carbocycles. The van der Waals surface area contributed by atoms with Crippen LogP contribution >= 0.6 is 27.3 Å². The Morgan fingerprint density at radius 1 is 1.44 bits per heavy atom. The molecule has 1 aliphatic heterocycles. The number of carbonyl (C=O) groups is 1. The molecule has 0 aliphatic carbocycles. The minimum absolute atomic E-state index is 0.0542. The predicted octanol–water partition coefficient (Wildman–Crippen LogP) is 3.65. The third-order valence-electron chi connectivity index (χ3n) is 3.11. The van der Waals surface area contributed by atoms with Gasteiger partial charge in [0.25, 0.3) is 5.91 Å². The van der Waals surface area contributed by atoms with Crippen LogP contribution in [0.25, 0.3) is 10.1 Å². The molecule has 0 N–H and O–H groups in total. The van der Waals surface area contributed by atoms with Crippen molar-refractivity contribution in [2.45, 2.75) is 11.2 Å². The summed E-state index contributed by atoms with van der Waals surface area (Å²) in [6, 6.07) is 6.47. The van der Waals surface area contributed by atoms with Gasteiger partial charge < -0.3 is 4.90 Å². The highest BCUT2D eigenvalue weighted by Crippen LogP contribution is 2.28. The Hall–Kier alpha value is -0.940. The van der Waals surface area contributed by atoms with Gasteiger partial charge in [0.15, 0.2) is 0 Å². The van der Waals surface area contributed by atoms with Crippen molar-refractivity contribution in [3.8, 4) is 0 Å². The molecule has 18 heavy (non-hydrogen) atoms. The Kier molecular flexibility index (Phi) is 3.11. The number of benzene rings is 1. The number of carbonyl (C=O) groups excluding carboxylic acids is 1. The molecule has 1 amide bonds. The fourth-order valence-corrected chi connectivity index (χ4v) is 3.78. The Labute approximate surface area is 117 Å². The SMILES string of the molecule is O=C(c1cc2ccc(F)cc2s1)N1CCC(Br)C1. The van der Waals surface area contributed by atoms with Gasteiger partial charge in [-0.15, -0.1) is 11.3 Å². The van der Waals surface area contributed by atoms with Crippen molar-refractivity contribution in [2.75, 3.05) is 13.1 Å². The van der Waals surface area contributed by atoms with Crippen LogP contribution in [0.4, 0.5) is 4.39 Å². The Bertz CT molecular complexity index is 612. The minimum atomic E-state index is -0.259. The summed E-state index contributed by atoms with van der Waals surface area (Å²) in [5.74, 6) is -0.205. The number of hydrogen-bond donors (Lipinski definition) is 0. The summed E-state index contributed by atoms with van der Waals surface area (Å²) in [6.07, 6.45) is 0.991. The summed E-state index contributed by atoms with van der Waals surface area (Å²) in [6.45, 7) is 1.54. The molecule has 2 nitrogen and oxygen atoms in total. The maximum Gasteiger partial charge on any atom is 0.263 e. The molecule has 0 bridgehead atoms. The third kappa shape index (κ3) is 2.17. The van der Waals surface area contributed by atoms with Gasteiger partial charge in [0.05, 0.1) is 4.88 Å². The standard InChI is InChI=1S/C13H11BrFNOS/c14-9-3-4-16(7-9)13(17)12-5-8-1-2-10(15)6-11(8)18-12/h1-2,5-6,9H,3-4,7H2. The second-order valence-corrected chi connectivity index (χ2v) is 6.81. The van der Waals surface area contributed by atoms with E-state index in [4.69, 9.17) is 0 Å². The number of fused-ring (bicyclic) bond motifs is 1. The average molecular weight is 328 g/mol. The van der Waals surface area contributed by atoms with E-state index < -0.39 is 0 Å². The van der Waals surface area contributed by atoms with E-state index in [9.17, 15) is 9.18 Å². The summed E-state index contributed by atoms with van der Waals surface area (Å²) in [7, 11) is 0. The van der Waals surface area contributed by atoms with Crippen LogP contribution < -0.4 is 0 Å².